The van der Waals surface area contributed by atoms with Gasteiger partial charge in [0.1, 0.15) is 5.82 Å². The van der Waals surface area contributed by atoms with E-state index in [9.17, 15) is 14.0 Å². The van der Waals surface area contributed by atoms with Crippen molar-refractivity contribution in [3.8, 4) is 11.4 Å². The molecule has 0 saturated carbocycles. The summed E-state index contributed by atoms with van der Waals surface area (Å²) in [5.74, 6) is -0.904. The molecule has 3 aromatic rings. The first-order chi connectivity index (χ1) is 12.9. The zero-order valence-electron chi connectivity index (χ0n) is 15.0. The average molecular weight is 389 g/mol. The molecule has 1 aromatic carbocycles. The van der Waals surface area contributed by atoms with Gasteiger partial charge < -0.3 is 10.6 Å². The Morgan fingerprint density at radius 2 is 2.04 bits per heavy atom. The molecule has 2 aromatic heterocycles. The van der Waals surface area contributed by atoms with Crippen molar-refractivity contribution in [1.29, 1.82) is 0 Å². The maximum absolute atomic E-state index is 13.4. The number of carbonyl (C=O) groups excluding carboxylic acids is 2. The van der Waals surface area contributed by atoms with Gasteiger partial charge in [0.2, 0.25) is 4.96 Å². The molecule has 0 atom stereocenters. The van der Waals surface area contributed by atoms with Crippen LogP contribution >= 0.6 is 11.3 Å². The molecule has 0 aliphatic rings. The molecule has 2 heterocycles. The third kappa shape index (κ3) is 4.68. The molecule has 0 saturated heterocycles. The van der Waals surface area contributed by atoms with Gasteiger partial charge in [0, 0.05) is 30.5 Å². The molecule has 27 heavy (non-hydrogen) atoms. The van der Waals surface area contributed by atoms with Crippen molar-refractivity contribution in [2.24, 2.45) is 5.92 Å². The lowest BCUT2D eigenvalue weighted by Crippen LogP contribution is -2.41. The summed E-state index contributed by atoms with van der Waals surface area (Å²) in [6.07, 6.45) is 0.495. The van der Waals surface area contributed by atoms with E-state index in [-0.39, 0.29) is 11.7 Å². The number of halogens is 1. The van der Waals surface area contributed by atoms with E-state index in [0.717, 1.165) is 5.69 Å². The minimum absolute atomic E-state index is 0.278. The third-order valence-corrected chi connectivity index (χ3v) is 4.64. The Balaban J connectivity index is 1.61. The fraction of sp³-hybridized carbons (Fsp3) is 0.333. The largest absolute Gasteiger partial charge is 0.348 e. The van der Waals surface area contributed by atoms with Crippen LogP contribution in [0.2, 0.25) is 0 Å². The summed E-state index contributed by atoms with van der Waals surface area (Å²) in [6.45, 7) is 4.67. The van der Waals surface area contributed by atoms with Crippen LogP contribution in [0.4, 0.5) is 4.39 Å². The molecule has 7 nitrogen and oxygen atoms in total. The average Bonchev–Trinajstić information content (AvgIpc) is 3.21. The van der Waals surface area contributed by atoms with Crippen LogP contribution in [0, 0.1) is 11.7 Å². The summed E-state index contributed by atoms with van der Waals surface area (Å²) in [5.41, 5.74) is 1.46. The fourth-order valence-electron chi connectivity index (χ4n) is 2.41. The molecule has 0 radical (unpaired) electrons. The highest BCUT2D eigenvalue weighted by molar-refractivity contribution is 7.15. The number of thiazole rings is 1. The van der Waals surface area contributed by atoms with Crippen LogP contribution in [0.5, 0.6) is 0 Å². The van der Waals surface area contributed by atoms with Gasteiger partial charge in [0.25, 0.3) is 0 Å². The Bertz CT molecular complexity index is 966. The summed E-state index contributed by atoms with van der Waals surface area (Å²) < 4.78 is 15.1. The Morgan fingerprint density at radius 1 is 1.26 bits per heavy atom. The molecule has 0 aliphatic carbocycles. The highest BCUT2D eigenvalue weighted by Crippen LogP contribution is 2.21. The summed E-state index contributed by atoms with van der Waals surface area (Å²) in [5, 5.41) is 11.5. The van der Waals surface area contributed by atoms with Crippen LogP contribution in [0.3, 0.4) is 0 Å². The number of hydrogen-bond acceptors (Lipinski definition) is 5. The molecule has 0 bridgehead atoms. The highest BCUT2D eigenvalue weighted by Gasteiger charge is 2.15. The maximum Gasteiger partial charge on any atom is 0.309 e. The molecular weight excluding hydrogens is 369 g/mol. The molecule has 2 N–H and O–H groups in total. The zero-order valence-corrected chi connectivity index (χ0v) is 15.8. The summed E-state index contributed by atoms with van der Waals surface area (Å²) in [4.78, 5) is 28.5. The molecule has 2 amide bonds. The fourth-order valence-corrected chi connectivity index (χ4v) is 3.26. The Kier molecular flexibility index (Phi) is 5.80. The number of aromatic nitrogens is 3. The maximum atomic E-state index is 13.4. The number of benzene rings is 1. The number of hydrogen-bond donors (Lipinski definition) is 2. The Hall–Kier alpha value is -2.81. The van der Waals surface area contributed by atoms with E-state index >= 15 is 0 Å². The van der Waals surface area contributed by atoms with Gasteiger partial charge >= 0.3 is 11.8 Å². The first-order valence-corrected chi connectivity index (χ1v) is 9.47. The Labute approximate surface area is 159 Å². The number of nitrogens with one attached hydrogen (secondary N) is 2. The first-order valence-electron chi connectivity index (χ1n) is 8.59. The first kappa shape index (κ1) is 19.0. The minimum atomic E-state index is -0.652. The molecular formula is C18H20FN5O2S. The lowest BCUT2D eigenvalue weighted by Gasteiger charge is -2.07. The molecule has 0 aliphatic heterocycles. The molecule has 0 fully saturated rings. The van der Waals surface area contributed by atoms with E-state index in [0.29, 0.717) is 35.9 Å². The predicted molar refractivity (Wildman–Crippen MR) is 101 cm³/mol. The Morgan fingerprint density at radius 3 is 2.78 bits per heavy atom. The highest BCUT2D eigenvalue weighted by atomic mass is 32.1. The monoisotopic (exact) mass is 389 g/mol. The van der Waals surface area contributed by atoms with Crippen LogP contribution in [-0.4, -0.2) is 39.5 Å². The molecule has 3 rings (SSSR count). The van der Waals surface area contributed by atoms with Crippen LogP contribution in [0.25, 0.3) is 16.3 Å². The van der Waals surface area contributed by atoms with Crippen molar-refractivity contribution in [3.05, 3.63) is 41.2 Å². The van der Waals surface area contributed by atoms with Gasteiger partial charge in [-0.3, -0.25) is 9.59 Å². The van der Waals surface area contributed by atoms with Crippen LogP contribution in [-0.2, 0) is 16.0 Å². The number of fused-ring (bicyclic) bond motifs is 1. The minimum Gasteiger partial charge on any atom is -0.348 e. The van der Waals surface area contributed by atoms with Crippen molar-refractivity contribution in [3.63, 3.8) is 0 Å². The van der Waals surface area contributed by atoms with Gasteiger partial charge in [-0.1, -0.05) is 26.0 Å². The lowest BCUT2D eigenvalue weighted by molar-refractivity contribution is -0.139. The molecule has 0 unspecified atom stereocenters. The van der Waals surface area contributed by atoms with Crippen LogP contribution in [0.15, 0.2) is 29.6 Å². The molecule has 9 heteroatoms. The zero-order chi connectivity index (χ0) is 19.4. The summed E-state index contributed by atoms with van der Waals surface area (Å²) in [7, 11) is 0. The summed E-state index contributed by atoms with van der Waals surface area (Å²) in [6, 6.07) is 6.11. The van der Waals surface area contributed by atoms with E-state index < -0.39 is 11.8 Å². The molecule has 0 spiro atoms. The van der Waals surface area contributed by atoms with Crippen LogP contribution < -0.4 is 10.6 Å². The number of nitrogens with zero attached hydrogens (tertiary/aromatic N) is 3. The molecule has 142 valence electrons. The topological polar surface area (TPSA) is 88.4 Å². The number of rotatable bonds is 6. The van der Waals surface area contributed by atoms with Gasteiger partial charge in [-0.05, 0) is 18.1 Å². The van der Waals surface area contributed by atoms with E-state index in [2.05, 4.69) is 20.7 Å². The normalized spacial score (nSPS) is 11.1. The van der Waals surface area contributed by atoms with Crippen LogP contribution in [0.1, 0.15) is 19.5 Å². The SMILES string of the molecule is CC(C)CNC(=O)C(=O)NCCc1csc2nc(-c3cccc(F)c3)nn12. The van der Waals surface area contributed by atoms with E-state index in [1.807, 2.05) is 19.2 Å². The van der Waals surface area contributed by atoms with Crippen molar-refractivity contribution in [2.75, 3.05) is 13.1 Å². The van der Waals surface area contributed by atoms with Crippen molar-refractivity contribution < 1.29 is 14.0 Å². The number of carbonyl (C=O) groups is 2. The van der Waals surface area contributed by atoms with Crippen molar-refractivity contribution >= 4 is 28.1 Å². The van der Waals surface area contributed by atoms with E-state index in [1.165, 1.54) is 23.5 Å². The van der Waals surface area contributed by atoms with Gasteiger partial charge in [-0.15, -0.1) is 16.4 Å². The smallest absolute Gasteiger partial charge is 0.309 e. The standard InChI is InChI=1S/C18H20FN5O2S/c1-11(2)9-21-17(26)16(25)20-7-6-14-10-27-18-22-15(23-24(14)18)12-4-3-5-13(19)8-12/h3-5,8,10-11H,6-7,9H2,1-2H3,(H,20,25)(H,21,26). The second-order valence-electron chi connectivity index (χ2n) is 6.48. The lowest BCUT2D eigenvalue weighted by atomic mass is 10.2. The summed E-state index contributed by atoms with van der Waals surface area (Å²) >= 11 is 1.41. The quantitative estimate of drug-likeness (QED) is 0.632. The van der Waals surface area contributed by atoms with E-state index in [1.54, 1.807) is 16.6 Å². The van der Waals surface area contributed by atoms with Gasteiger partial charge in [0.15, 0.2) is 5.82 Å². The second kappa shape index (κ2) is 8.26. The third-order valence-electron chi connectivity index (χ3n) is 3.78. The predicted octanol–water partition coefficient (Wildman–Crippen LogP) is 2.03. The van der Waals surface area contributed by atoms with Gasteiger partial charge in [-0.25, -0.2) is 8.91 Å². The number of amides is 2. The van der Waals surface area contributed by atoms with Crippen molar-refractivity contribution in [1.82, 2.24) is 25.2 Å². The second-order valence-corrected chi connectivity index (χ2v) is 7.31. The van der Waals surface area contributed by atoms with Gasteiger partial charge in [0.05, 0.1) is 5.69 Å². The van der Waals surface area contributed by atoms with Crippen molar-refractivity contribution in [2.45, 2.75) is 20.3 Å². The van der Waals surface area contributed by atoms with Gasteiger partial charge in [-0.2, -0.15) is 4.98 Å². The van der Waals surface area contributed by atoms with E-state index in [4.69, 9.17) is 0 Å².